The highest BCUT2D eigenvalue weighted by molar-refractivity contribution is 7.98. The second kappa shape index (κ2) is 6.68. The molecule has 0 aromatic carbocycles. The van der Waals surface area contributed by atoms with Crippen LogP contribution in [0.1, 0.15) is 19.8 Å². The first kappa shape index (κ1) is 11.3. The van der Waals surface area contributed by atoms with Gasteiger partial charge in [0, 0.05) is 24.9 Å². The molecule has 0 spiro atoms. The van der Waals surface area contributed by atoms with Gasteiger partial charge in [-0.1, -0.05) is 0 Å². The maximum absolute atomic E-state index is 3.55. The quantitative estimate of drug-likeness (QED) is 0.656. The summed E-state index contributed by atoms with van der Waals surface area (Å²) in [5.74, 6) is 1.23. The van der Waals surface area contributed by atoms with Crippen LogP contribution < -0.4 is 5.32 Å². The Morgan fingerprint density at radius 2 is 2.08 bits per heavy atom. The monoisotopic (exact) mass is 202 g/mol. The van der Waals surface area contributed by atoms with Crippen molar-refractivity contribution < 1.29 is 0 Å². The highest BCUT2D eigenvalue weighted by Crippen LogP contribution is 2.07. The van der Waals surface area contributed by atoms with Crippen LogP contribution in [0.25, 0.3) is 0 Å². The van der Waals surface area contributed by atoms with Crippen molar-refractivity contribution in [3.05, 3.63) is 0 Å². The molecule has 1 saturated heterocycles. The van der Waals surface area contributed by atoms with E-state index in [2.05, 4.69) is 23.4 Å². The summed E-state index contributed by atoms with van der Waals surface area (Å²) < 4.78 is 0. The summed E-state index contributed by atoms with van der Waals surface area (Å²) in [5, 5.41) is 3.55. The molecule has 1 aliphatic rings. The highest BCUT2D eigenvalue weighted by Gasteiger charge is 2.13. The molecular formula is C10H22N2S. The minimum atomic E-state index is 0.658. The fourth-order valence-electron chi connectivity index (χ4n) is 1.82. The molecule has 1 unspecified atom stereocenters. The van der Waals surface area contributed by atoms with Crippen molar-refractivity contribution in [2.24, 2.45) is 0 Å². The maximum Gasteiger partial charge on any atom is 0.0167 e. The summed E-state index contributed by atoms with van der Waals surface area (Å²) in [6.07, 6.45) is 4.96. The van der Waals surface area contributed by atoms with Crippen molar-refractivity contribution >= 4 is 11.8 Å². The van der Waals surface area contributed by atoms with E-state index in [-0.39, 0.29) is 0 Å². The predicted molar refractivity (Wildman–Crippen MR) is 61.5 cm³/mol. The van der Waals surface area contributed by atoms with Gasteiger partial charge in [0.25, 0.3) is 0 Å². The van der Waals surface area contributed by atoms with Crippen LogP contribution in [0.2, 0.25) is 0 Å². The SMILES string of the molecule is CSCCNC(C)CN1CCCC1. The third kappa shape index (κ3) is 4.89. The molecule has 0 bridgehead atoms. The zero-order chi connectivity index (χ0) is 9.52. The minimum absolute atomic E-state index is 0.658. The first-order chi connectivity index (χ1) is 6.33. The summed E-state index contributed by atoms with van der Waals surface area (Å²) in [4.78, 5) is 2.57. The predicted octanol–water partition coefficient (Wildman–Crippen LogP) is 1.42. The number of nitrogens with zero attached hydrogens (tertiary/aromatic N) is 1. The van der Waals surface area contributed by atoms with E-state index in [0.717, 1.165) is 6.54 Å². The normalized spacial score (nSPS) is 20.8. The first-order valence-electron chi connectivity index (χ1n) is 5.27. The van der Waals surface area contributed by atoms with E-state index in [1.807, 2.05) is 11.8 Å². The number of thioether (sulfide) groups is 1. The Hall–Kier alpha value is 0.270. The van der Waals surface area contributed by atoms with E-state index in [0.29, 0.717) is 6.04 Å². The highest BCUT2D eigenvalue weighted by atomic mass is 32.2. The zero-order valence-corrected chi connectivity index (χ0v) is 9.70. The van der Waals surface area contributed by atoms with Crippen molar-refractivity contribution in [3.8, 4) is 0 Å². The number of rotatable bonds is 6. The maximum atomic E-state index is 3.55. The Bertz CT molecular complexity index is 124. The summed E-state index contributed by atoms with van der Waals surface area (Å²) in [7, 11) is 0. The van der Waals surface area contributed by atoms with Crippen LogP contribution in [0.15, 0.2) is 0 Å². The molecule has 0 aromatic heterocycles. The van der Waals surface area contributed by atoms with E-state index in [1.165, 1.54) is 38.2 Å². The second-order valence-electron chi connectivity index (χ2n) is 3.86. The lowest BCUT2D eigenvalue weighted by Crippen LogP contribution is -2.38. The van der Waals surface area contributed by atoms with Crippen molar-refractivity contribution in [2.45, 2.75) is 25.8 Å². The average molecular weight is 202 g/mol. The Kier molecular flexibility index (Phi) is 5.83. The largest absolute Gasteiger partial charge is 0.312 e. The summed E-state index contributed by atoms with van der Waals surface area (Å²) in [6.45, 7) is 7.30. The van der Waals surface area contributed by atoms with Crippen LogP contribution >= 0.6 is 11.8 Å². The Morgan fingerprint density at radius 1 is 1.38 bits per heavy atom. The topological polar surface area (TPSA) is 15.3 Å². The number of hydrogen-bond donors (Lipinski definition) is 1. The molecule has 1 fully saturated rings. The van der Waals surface area contributed by atoms with Crippen LogP contribution in [0.4, 0.5) is 0 Å². The van der Waals surface area contributed by atoms with Gasteiger partial charge in [-0.05, 0) is 39.1 Å². The molecule has 13 heavy (non-hydrogen) atoms. The van der Waals surface area contributed by atoms with Crippen molar-refractivity contribution in [3.63, 3.8) is 0 Å². The van der Waals surface area contributed by atoms with Gasteiger partial charge in [0.2, 0.25) is 0 Å². The molecular weight excluding hydrogens is 180 g/mol. The van der Waals surface area contributed by atoms with Gasteiger partial charge in [-0.25, -0.2) is 0 Å². The van der Waals surface area contributed by atoms with Crippen LogP contribution in [-0.4, -0.2) is 49.1 Å². The van der Waals surface area contributed by atoms with E-state index in [1.54, 1.807) is 0 Å². The van der Waals surface area contributed by atoms with Gasteiger partial charge in [-0.2, -0.15) is 11.8 Å². The van der Waals surface area contributed by atoms with Gasteiger partial charge in [-0.15, -0.1) is 0 Å². The van der Waals surface area contributed by atoms with Crippen LogP contribution in [-0.2, 0) is 0 Å². The average Bonchev–Trinajstić information content (AvgIpc) is 2.57. The van der Waals surface area contributed by atoms with Gasteiger partial charge in [0.05, 0.1) is 0 Å². The molecule has 1 atom stereocenters. The van der Waals surface area contributed by atoms with Crippen molar-refractivity contribution in [1.82, 2.24) is 10.2 Å². The van der Waals surface area contributed by atoms with E-state index in [4.69, 9.17) is 0 Å². The summed E-state index contributed by atoms with van der Waals surface area (Å²) in [5.41, 5.74) is 0. The Labute approximate surface area is 86.5 Å². The smallest absolute Gasteiger partial charge is 0.0167 e. The second-order valence-corrected chi connectivity index (χ2v) is 4.84. The molecule has 2 nitrogen and oxygen atoms in total. The standard InChI is InChI=1S/C10H22N2S/c1-10(11-5-8-13-2)9-12-6-3-4-7-12/h10-11H,3-9H2,1-2H3. The van der Waals surface area contributed by atoms with Crippen molar-refractivity contribution in [1.29, 1.82) is 0 Å². The van der Waals surface area contributed by atoms with Crippen LogP contribution in [0, 0.1) is 0 Å². The first-order valence-corrected chi connectivity index (χ1v) is 6.67. The van der Waals surface area contributed by atoms with Gasteiger partial charge in [0.1, 0.15) is 0 Å². The fraction of sp³-hybridized carbons (Fsp3) is 1.00. The van der Waals surface area contributed by atoms with E-state index in [9.17, 15) is 0 Å². The lowest BCUT2D eigenvalue weighted by Gasteiger charge is -2.20. The third-order valence-corrected chi connectivity index (χ3v) is 3.14. The summed E-state index contributed by atoms with van der Waals surface area (Å²) >= 11 is 1.91. The molecule has 0 saturated carbocycles. The van der Waals surface area contributed by atoms with Gasteiger partial charge >= 0.3 is 0 Å². The fourth-order valence-corrected chi connectivity index (χ4v) is 2.15. The van der Waals surface area contributed by atoms with Crippen molar-refractivity contribution in [2.75, 3.05) is 38.2 Å². The number of hydrogen-bond acceptors (Lipinski definition) is 3. The molecule has 3 heteroatoms. The van der Waals surface area contributed by atoms with Gasteiger partial charge in [0.15, 0.2) is 0 Å². The number of likely N-dealkylation sites (tertiary alicyclic amines) is 1. The zero-order valence-electron chi connectivity index (χ0n) is 8.88. The molecule has 1 aliphatic heterocycles. The van der Waals surface area contributed by atoms with E-state index >= 15 is 0 Å². The molecule has 0 amide bonds. The molecule has 78 valence electrons. The van der Waals surface area contributed by atoms with Gasteiger partial charge in [-0.3, -0.25) is 0 Å². The lowest BCUT2D eigenvalue weighted by atomic mass is 10.3. The Balaban J connectivity index is 1.99. The lowest BCUT2D eigenvalue weighted by molar-refractivity contribution is 0.301. The van der Waals surface area contributed by atoms with E-state index < -0.39 is 0 Å². The Morgan fingerprint density at radius 3 is 2.69 bits per heavy atom. The molecule has 1 N–H and O–H groups in total. The molecule has 0 aliphatic carbocycles. The molecule has 1 heterocycles. The molecule has 1 rings (SSSR count). The summed E-state index contributed by atoms with van der Waals surface area (Å²) in [6, 6.07) is 0.658. The number of nitrogens with one attached hydrogen (secondary N) is 1. The van der Waals surface area contributed by atoms with Gasteiger partial charge < -0.3 is 10.2 Å². The van der Waals surface area contributed by atoms with Crippen LogP contribution in [0.3, 0.4) is 0 Å². The molecule has 0 radical (unpaired) electrons. The molecule has 0 aromatic rings. The van der Waals surface area contributed by atoms with Crippen LogP contribution in [0.5, 0.6) is 0 Å². The minimum Gasteiger partial charge on any atom is -0.312 e. The third-order valence-electron chi connectivity index (χ3n) is 2.53.